The molecule has 0 heterocycles. The SMILES string of the molecule is CCCCN(C(C)CC)C1CC(CCC)CCC1NC. The zero-order chi connectivity index (χ0) is 15.0. The molecule has 1 saturated carbocycles. The maximum Gasteiger partial charge on any atom is 0.0254 e. The highest BCUT2D eigenvalue weighted by atomic mass is 15.2. The Bertz CT molecular complexity index is 242. The van der Waals surface area contributed by atoms with Crippen LogP contribution in [0.1, 0.15) is 79.1 Å². The van der Waals surface area contributed by atoms with Gasteiger partial charge in [0.2, 0.25) is 0 Å². The summed E-state index contributed by atoms with van der Waals surface area (Å²) in [6, 6.07) is 2.18. The van der Waals surface area contributed by atoms with Crippen molar-refractivity contribution in [3.8, 4) is 0 Å². The Kier molecular flexibility index (Phi) is 8.79. The second kappa shape index (κ2) is 9.78. The summed E-state index contributed by atoms with van der Waals surface area (Å²) in [5.74, 6) is 0.961. The molecule has 1 rings (SSSR count). The highest BCUT2D eigenvalue weighted by molar-refractivity contribution is 4.92. The van der Waals surface area contributed by atoms with Gasteiger partial charge in [0.25, 0.3) is 0 Å². The predicted molar refractivity (Wildman–Crippen MR) is 90.3 cm³/mol. The normalized spacial score (nSPS) is 28.8. The molecule has 120 valence electrons. The molecular weight excluding hydrogens is 244 g/mol. The molecule has 0 amide bonds. The quantitative estimate of drug-likeness (QED) is 0.672. The number of likely N-dealkylation sites (N-methyl/N-ethyl adjacent to an activating group) is 1. The number of nitrogens with zero attached hydrogens (tertiary/aromatic N) is 1. The van der Waals surface area contributed by atoms with Crippen LogP contribution in [0.4, 0.5) is 0 Å². The van der Waals surface area contributed by atoms with Crippen molar-refractivity contribution in [1.29, 1.82) is 0 Å². The van der Waals surface area contributed by atoms with Crippen LogP contribution >= 0.6 is 0 Å². The van der Waals surface area contributed by atoms with Gasteiger partial charge in [0, 0.05) is 18.1 Å². The van der Waals surface area contributed by atoms with Gasteiger partial charge in [-0.1, -0.05) is 40.0 Å². The lowest BCUT2D eigenvalue weighted by molar-refractivity contribution is 0.0628. The molecule has 0 radical (unpaired) electrons. The molecule has 0 aliphatic heterocycles. The monoisotopic (exact) mass is 282 g/mol. The van der Waals surface area contributed by atoms with E-state index in [2.05, 4.69) is 45.0 Å². The summed E-state index contributed by atoms with van der Waals surface area (Å²) in [6.45, 7) is 10.7. The second-order valence-electron chi connectivity index (χ2n) is 6.78. The van der Waals surface area contributed by atoms with Crippen molar-refractivity contribution in [3.05, 3.63) is 0 Å². The van der Waals surface area contributed by atoms with E-state index in [1.165, 1.54) is 57.9 Å². The Morgan fingerprint density at radius 1 is 1.15 bits per heavy atom. The third kappa shape index (κ3) is 5.04. The first-order valence-electron chi connectivity index (χ1n) is 9.10. The minimum absolute atomic E-state index is 0.703. The van der Waals surface area contributed by atoms with Gasteiger partial charge in [0.15, 0.2) is 0 Å². The van der Waals surface area contributed by atoms with Crippen molar-refractivity contribution in [3.63, 3.8) is 0 Å². The molecule has 0 aromatic carbocycles. The van der Waals surface area contributed by atoms with Crippen LogP contribution in [0, 0.1) is 5.92 Å². The molecule has 20 heavy (non-hydrogen) atoms. The van der Waals surface area contributed by atoms with Crippen LogP contribution < -0.4 is 5.32 Å². The van der Waals surface area contributed by atoms with Crippen LogP contribution in [0.5, 0.6) is 0 Å². The minimum atomic E-state index is 0.703. The van der Waals surface area contributed by atoms with Crippen molar-refractivity contribution in [2.45, 2.75) is 97.2 Å². The molecule has 1 aliphatic rings. The maximum absolute atomic E-state index is 3.61. The van der Waals surface area contributed by atoms with Gasteiger partial charge in [-0.15, -0.1) is 0 Å². The molecule has 0 spiro atoms. The first-order chi connectivity index (χ1) is 9.67. The fourth-order valence-corrected chi connectivity index (χ4v) is 3.89. The standard InChI is InChI=1S/C18H38N2/c1-6-9-13-20(15(4)8-3)18-14-16(10-7-2)11-12-17(18)19-5/h15-19H,6-14H2,1-5H3. The van der Waals surface area contributed by atoms with Gasteiger partial charge in [-0.25, -0.2) is 0 Å². The molecule has 4 unspecified atom stereocenters. The molecule has 0 aromatic heterocycles. The summed E-state index contributed by atoms with van der Waals surface area (Å²) in [7, 11) is 2.16. The third-order valence-electron chi connectivity index (χ3n) is 5.35. The van der Waals surface area contributed by atoms with Gasteiger partial charge in [0.1, 0.15) is 0 Å². The largest absolute Gasteiger partial charge is 0.315 e. The van der Waals surface area contributed by atoms with Gasteiger partial charge in [-0.3, -0.25) is 4.90 Å². The lowest BCUT2D eigenvalue weighted by Gasteiger charge is -2.45. The Labute approximate surface area is 127 Å². The van der Waals surface area contributed by atoms with Crippen molar-refractivity contribution in [1.82, 2.24) is 10.2 Å². The van der Waals surface area contributed by atoms with Crippen molar-refractivity contribution < 1.29 is 0 Å². The van der Waals surface area contributed by atoms with Gasteiger partial charge in [0.05, 0.1) is 0 Å². The average molecular weight is 283 g/mol. The molecule has 0 aromatic rings. The topological polar surface area (TPSA) is 15.3 Å². The van der Waals surface area contributed by atoms with E-state index in [1.807, 2.05) is 0 Å². The van der Waals surface area contributed by atoms with Crippen molar-refractivity contribution in [2.75, 3.05) is 13.6 Å². The summed E-state index contributed by atoms with van der Waals surface area (Å²) in [5, 5.41) is 3.61. The Balaban J connectivity index is 2.75. The Morgan fingerprint density at radius 2 is 1.90 bits per heavy atom. The maximum atomic E-state index is 3.61. The summed E-state index contributed by atoms with van der Waals surface area (Å²) in [6.07, 6.45) is 10.9. The van der Waals surface area contributed by atoms with E-state index in [-0.39, 0.29) is 0 Å². The molecule has 2 heteroatoms. The Morgan fingerprint density at radius 3 is 2.45 bits per heavy atom. The van der Waals surface area contributed by atoms with E-state index in [1.54, 1.807) is 0 Å². The summed E-state index contributed by atoms with van der Waals surface area (Å²) in [5.41, 5.74) is 0. The number of hydrogen-bond acceptors (Lipinski definition) is 2. The number of nitrogens with one attached hydrogen (secondary N) is 1. The van der Waals surface area contributed by atoms with Crippen LogP contribution in [0.15, 0.2) is 0 Å². The second-order valence-corrected chi connectivity index (χ2v) is 6.78. The highest BCUT2D eigenvalue weighted by Crippen LogP contribution is 2.32. The molecule has 1 fully saturated rings. The average Bonchev–Trinajstić information content (AvgIpc) is 2.48. The number of hydrogen-bond donors (Lipinski definition) is 1. The van der Waals surface area contributed by atoms with E-state index in [4.69, 9.17) is 0 Å². The summed E-state index contributed by atoms with van der Waals surface area (Å²) >= 11 is 0. The first kappa shape index (κ1) is 18.0. The van der Waals surface area contributed by atoms with E-state index in [0.29, 0.717) is 6.04 Å². The molecule has 4 atom stereocenters. The summed E-state index contributed by atoms with van der Waals surface area (Å²) < 4.78 is 0. The lowest BCUT2D eigenvalue weighted by atomic mass is 9.79. The predicted octanol–water partition coefficient (Wildman–Crippen LogP) is 4.44. The summed E-state index contributed by atoms with van der Waals surface area (Å²) in [4.78, 5) is 2.83. The molecule has 1 aliphatic carbocycles. The van der Waals surface area contributed by atoms with Gasteiger partial charge >= 0.3 is 0 Å². The molecule has 0 saturated heterocycles. The molecule has 1 N–H and O–H groups in total. The van der Waals surface area contributed by atoms with E-state index < -0.39 is 0 Å². The van der Waals surface area contributed by atoms with Crippen LogP contribution in [0.3, 0.4) is 0 Å². The van der Waals surface area contributed by atoms with Crippen molar-refractivity contribution in [2.24, 2.45) is 5.92 Å². The van der Waals surface area contributed by atoms with E-state index >= 15 is 0 Å². The first-order valence-corrected chi connectivity index (χ1v) is 9.10. The molecule has 0 bridgehead atoms. The fraction of sp³-hybridized carbons (Fsp3) is 1.00. The zero-order valence-electron chi connectivity index (χ0n) is 14.6. The number of unbranched alkanes of at least 4 members (excludes halogenated alkanes) is 1. The zero-order valence-corrected chi connectivity index (χ0v) is 14.6. The lowest BCUT2D eigenvalue weighted by Crippen LogP contribution is -2.55. The van der Waals surface area contributed by atoms with E-state index in [0.717, 1.165) is 18.0 Å². The minimum Gasteiger partial charge on any atom is -0.315 e. The van der Waals surface area contributed by atoms with Crippen LogP contribution in [-0.4, -0.2) is 36.6 Å². The number of rotatable bonds is 9. The molecule has 2 nitrogen and oxygen atoms in total. The van der Waals surface area contributed by atoms with Crippen LogP contribution in [0.2, 0.25) is 0 Å². The van der Waals surface area contributed by atoms with E-state index in [9.17, 15) is 0 Å². The van der Waals surface area contributed by atoms with Crippen molar-refractivity contribution >= 4 is 0 Å². The van der Waals surface area contributed by atoms with Crippen LogP contribution in [-0.2, 0) is 0 Å². The fourth-order valence-electron chi connectivity index (χ4n) is 3.89. The van der Waals surface area contributed by atoms with Gasteiger partial charge in [-0.05, 0) is 58.5 Å². The Hall–Kier alpha value is -0.0800. The smallest absolute Gasteiger partial charge is 0.0254 e. The van der Waals surface area contributed by atoms with Crippen LogP contribution in [0.25, 0.3) is 0 Å². The third-order valence-corrected chi connectivity index (χ3v) is 5.35. The van der Waals surface area contributed by atoms with Gasteiger partial charge in [-0.2, -0.15) is 0 Å². The molecular formula is C18H38N2. The van der Waals surface area contributed by atoms with Gasteiger partial charge < -0.3 is 5.32 Å². The highest BCUT2D eigenvalue weighted by Gasteiger charge is 2.34.